The van der Waals surface area contributed by atoms with Crippen LogP contribution >= 0.6 is 11.6 Å². The van der Waals surface area contributed by atoms with Crippen molar-refractivity contribution in [1.29, 1.82) is 0 Å². The normalized spacial score (nSPS) is 15.2. The van der Waals surface area contributed by atoms with E-state index in [1.54, 1.807) is 0 Å². The highest BCUT2D eigenvalue weighted by Gasteiger charge is 2.30. The predicted octanol–water partition coefficient (Wildman–Crippen LogP) is 1.93. The zero-order valence-corrected chi connectivity index (χ0v) is 6.50. The van der Waals surface area contributed by atoms with Crippen molar-refractivity contribution >= 4 is 17.4 Å². The molecule has 0 rings (SSSR count). The first-order valence-corrected chi connectivity index (χ1v) is 3.13. The summed E-state index contributed by atoms with van der Waals surface area (Å²) >= 11 is 5.37. The Hall–Kier alpha value is -0.110. The second kappa shape index (κ2) is 2.65. The molecule has 0 fully saturated rings. The topological polar surface area (TPSA) is 17.1 Å². The summed E-state index contributed by atoms with van der Waals surface area (Å²) in [7, 11) is 0. The van der Waals surface area contributed by atoms with Crippen LogP contribution in [0.4, 0.5) is 4.39 Å². The van der Waals surface area contributed by atoms with Crippen molar-refractivity contribution in [2.75, 3.05) is 0 Å². The number of hydrogen-bond acceptors (Lipinski definition) is 1. The summed E-state index contributed by atoms with van der Waals surface area (Å²) in [5.41, 5.74) is -1.60. The molecule has 1 nitrogen and oxygen atoms in total. The van der Waals surface area contributed by atoms with E-state index < -0.39 is 11.0 Å². The quantitative estimate of drug-likeness (QED) is 0.553. The Bertz CT molecular complexity index is 117. The van der Waals surface area contributed by atoms with E-state index in [0.717, 1.165) is 0 Å². The van der Waals surface area contributed by atoms with Gasteiger partial charge in [0.2, 0.25) is 0 Å². The van der Waals surface area contributed by atoms with E-state index in [1.807, 2.05) is 0 Å². The molecule has 1 atom stereocenters. The lowest BCUT2D eigenvalue weighted by atomic mass is 10.0. The van der Waals surface area contributed by atoms with Gasteiger partial charge in [0.15, 0.2) is 5.78 Å². The lowest BCUT2D eigenvalue weighted by molar-refractivity contribution is -0.118. The standard InChI is InChI=1S/C6H10ClFO/c1-4(9)5(7)6(2,3)8/h5H,1-3H3. The van der Waals surface area contributed by atoms with E-state index in [2.05, 4.69) is 0 Å². The van der Waals surface area contributed by atoms with Crippen LogP contribution in [0.15, 0.2) is 0 Å². The maximum absolute atomic E-state index is 12.7. The minimum absolute atomic E-state index is 0.329. The van der Waals surface area contributed by atoms with E-state index in [4.69, 9.17) is 11.6 Å². The second-order valence-electron chi connectivity index (χ2n) is 2.54. The molecule has 0 aromatic rings. The van der Waals surface area contributed by atoms with Gasteiger partial charge in [0.05, 0.1) is 0 Å². The third-order valence-corrected chi connectivity index (χ3v) is 1.79. The fourth-order valence-corrected chi connectivity index (χ4v) is 0.483. The maximum Gasteiger partial charge on any atom is 0.150 e. The van der Waals surface area contributed by atoms with Crippen molar-refractivity contribution < 1.29 is 9.18 Å². The molecule has 54 valence electrons. The van der Waals surface area contributed by atoms with E-state index in [0.29, 0.717) is 0 Å². The van der Waals surface area contributed by atoms with Gasteiger partial charge in [-0.15, -0.1) is 11.6 Å². The predicted molar refractivity (Wildman–Crippen MR) is 35.5 cm³/mol. The molecule has 3 heteroatoms. The molecular formula is C6H10ClFO. The van der Waals surface area contributed by atoms with Crippen LogP contribution in [-0.4, -0.2) is 16.8 Å². The lowest BCUT2D eigenvalue weighted by Crippen LogP contribution is -2.32. The first-order chi connectivity index (χ1) is 3.85. The van der Waals surface area contributed by atoms with Crippen molar-refractivity contribution in [2.24, 2.45) is 0 Å². The van der Waals surface area contributed by atoms with Gasteiger partial charge in [-0.1, -0.05) is 0 Å². The van der Waals surface area contributed by atoms with Gasteiger partial charge in [0, 0.05) is 0 Å². The summed E-state index contributed by atoms with van der Waals surface area (Å²) in [4.78, 5) is 10.4. The maximum atomic E-state index is 12.7. The van der Waals surface area contributed by atoms with Gasteiger partial charge in [-0.2, -0.15) is 0 Å². The number of carbonyl (C=O) groups excluding carboxylic acids is 1. The summed E-state index contributed by atoms with van der Waals surface area (Å²) in [6.45, 7) is 3.84. The van der Waals surface area contributed by atoms with Crippen molar-refractivity contribution in [1.82, 2.24) is 0 Å². The summed E-state index contributed by atoms with van der Waals surface area (Å²) in [5, 5.41) is -1.02. The van der Waals surface area contributed by atoms with Crippen LogP contribution in [0.3, 0.4) is 0 Å². The Labute approximate surface area is 59.2 Å². The van der Waals surface area contributed by atoms with Crippen molar-refractivity contribution in [3.8, 4) is 0 Å². The zero-order valence-electron chi connectivity index (χ0n) is 5.74. The highest BCUT2D eigenvalue weighted by Crippen LogP contribution is 2.20. The van der Waals surface area contributed by atoms with Gasteiger partial charge in [-0.25, -0.2) is 4.39 Å². The smallest absolute Gasteiger partial charge is 0.150 e. The molecule has 1 unspecified atom stereocenters. The summed E-state index contributed by atoms with van der Waals surface area (Å²) in [6.07, 6.45) is 0. The third kappa shape index (κ3) is 2.80. The monoisotopic (exact) mass is 152 g/mol. The molecule has 0 aliphatic rings. The van der Waals surface area contributed by atoms with Crippen LogP contribution in [0.2, 0.25) is 0 Å². The van der Waals surface area contributed by atoms with Crippen LogP contribution in [0, 0.1) is 0 Å². The molecule has 0 radical (unpaired) electrons. The van der Waals surface area contributed by atoms with Crippen LogP contribution in [-0.2, 0) is 4.79 Å². The number of halogens is 2. The number of rotatable bonds is 2. The van der Waals surface area contributed by atoms with Gasteiger partial charge in [-0.05, 0) is 20.8 Å². The first kappa shape index (κ1) is 8.89. The molecule has 0 bridgehead atoms. The minimum atomic E-state index is -1.60. The van der Waals surface area contributed by atoms with E-state index in [9.17, 15) is 9.18 Å². The minimum Gasteiger partial charge on any atom is -0.298 e. The zero-order chi connectivity index (χ0) is 7.65. The van der Waals surface area contributed by atoms with Gasteiger partial charge in [-0.3, -0.25) is 4.79 Å². The molecule has 0 aromatic carbocycles. The van der Waals surface area contributed by atoms with Gasteiger partial charge in [0.25, 0.3) is 0 Å². The molecule has 0 aliphatic carbocycles. The Morgan fingerprint density at radius 2 is 2.00 bits per heavy atom. The number of ketones is 1. The molecule has 9 heavy (non-hydrogen) atoms. The molecular weight excluding hydrogens is 143 g/mol. The lowest BCUT2D eigenvalue weighted by Gasteiger charge is -2.17. The number of carbonyl (C=O) groups is 1. The van der Waals surface area contributed by atoms with Gasteiger partial charge >= 0.3 is 0 Å². The Kier molecular flexibility index (Phi) is 2.62. The van der Waals surface area contributed by atoms with Gasteiger partial charge in [0.1, 0.15) is 11.0 Å². The second-order valence-corrected chi connectivity index (χ2v) is 2.97. The van der Waals surface area contributed by atoms with Crippen LogP contribution < -0.4 is 0 Å². The largest absolute Gasteiger partial charge is 0.298 e. The fraction of sp³-hybridized carbons (Fsp3) is 0.833. The molecule has 0 aromatic heterocycles. The van der Waals surface area contributed by atoms with E-state index in [1.165, 1.54) is 20.8 Å². The molecule has 0 aliphatic heterocycles. The van der Waals surface area contributed by atoms with E-state index in [-0.39, 0.29) is 5.78 Å². The number of alkyl halides is 2. The number of Topliss-reactive ketones (excluding diaryl/α,β-unsaturated/α-hetero) is 1. The highest BCUT2D eigenvalue weighted by molar-refractivity contribution is 6.31. The summed E-state index contributed by atoms with van der Waals surface area (Å²) in [6, 6.07) is 0. The molecule has 0 saturated heterocycles. The SMILES string of the molecule is CC(=O)C(Cl)C(C)(C)F. The third-order valence-electron chi connectivity index (χ3n) is 0.960. The average molecular weight is 153 g/mol. The molecule has 0 spiro atoms. The molecule has 0 amide bonds. The van der Waals surface area contributed by atoms with Crippen molar-refractivity contribution in [3.05, 3.63) is 0 Å². The van der Waals surface area contributed by atoms with E-state index >= 15 is 0 Å². The highest BCUT2D eigenvalue weighted by atomic mass is 35.5. The first-order valence-electron chi connectivity index (χ1n) is 2.69. The number of hydrogen-bond donors (Lipinski definition) is 0. The Morgan fingerprint density at radius 3 is 2.00 bits per heavy atom. The van der Waals surface area contributed by atoms with Crippen LogP contribution in [0.1, 0.15) is 20.8 Å². The van der Waals surface area contributed by atoms with Crippen molar-refractivity contribution in [3.63, 3.8) is 0 Å². The van der Waals surface area contributed by atoms with Crippen molar-refractivity contribution in [2.45, 2.75) is 31.8 Å². The fourth-order valence-electron chi connectivity index (χ4n) is 0.483. The van der Waals surface area contributed by atoms with Crippen LogP contribution in [0.25, 0.3) is 0 Å². The Morgan fingerprint density at radius 1 is 1.67 bits per heavy atom. The molecule has 0 N–H and O–H groups in total. The molecule has 0 saturated carbocycles. The summed E-state index contributed by atoms with van der Waals surface area (Å²) in [5.74, 6) is -0.329. The molecule has 0 heterocycles. The summed E-state index contributed by atoms with van der Waals surface area (Å²) < 4.78 is 12.7. The van der Waals surface area contributed by atoms with Crippen LogP contribution in [0.5, 0.6) is 0 Å². The Balaban J connectivity index is 4.04. The average Bonchev–Trinajstić information content (AvgIpc) is 1.62. The van der Waals surface area contributed by atoms with Gasteiger partial charge < -0.3 is 0 Å².